The number of methoxy groups -OCH3 is 1. The van der Waals surface area contributed by atoms with Crippen molar-refractivity contribution in [1.29, 1.82) is 0 Å². The van der Waals surface area contributed by atoms with Crippen molar-refractivity contribution in [2.75, 3.05) is 7.11 Å². The SMILES string of the molecule is COc1nccc(C)c1-c1cc2ccncc2n1C. The molecule has 3 heterocycles. The van der Waals surface area contributed by atoms with Gasteiger partial charge in [0.1, 0.15) is 0 Å². The van der Waals surface area contributed by atoms with Crippen molar-refractivity contribution in [3.8, 4) is 17.1 Å². The molecule has 0 atom stereocenters. The van der Waals surface area contributed by atoms with Gasteiger partial charge in [-0.2, -0.15) is 0 Å². The van der Waals surface area contributed by atoms with Crippen LogP contribution in [0.5, 0.6) is 5.88 Å². The van der Waals surface area contributed by atoms with Crippen LogP contribution >= 0.6 is 0 Å². The average molecular weight is 253 g/mol. The summed E-state index contributed by atoms with van der Waals surface area (Å²) in [4.78, 5) is 8.47. The third kappa shape index (κ3) is 1.76. The molecule has 0 saturated heterocycles. The quantitative estimate of drug-likeness (QED) is 0.705. The summed E-state index contributed by atoms with van der Waals surface area (Å²) in [5, 5.41) is 1.16. The lowest BCUT2D eigenvalue weighted by atomic mass is 10.1. The maximum atomic E-state index is 5.39. The summed E-state index contributed by atoms with van der Waals surface area (Å²) in [6, 6.07) is 6.15. The lowest BCUT2D eigenvalue weighted by molar-refractivity contribution is 0.399. The topological polar surface area (TPSA) is 39.9 Å². The number of aromatic nitrogens is 3. The molecule has 0 aromatic carbocycles. The summed E-state index contributed by atoms with van der Waals surface area (Å²) < 4.78 is 7.51. The molecule has 96 valence electrons. The van der Waals surface area contributed by atoms with Crippen LogP contribution in [-0.2, 0) is 7.05 Å². The van der Waals surface area contributed by atoms with Gasteiger partial charge in [-0.15, -0.1) is 0 Å². The van der Waals surface area contributed by atoms with E-state index in [1.54, 1.807) is 19.5 Å². The van der Waals surface area contributed by atoms with E-state index in [-0.39, 0.29) is 0 Å². The Morgan fingerprint density at radius 3 is 2.79 bits per heavy atom. The Balaban J connectivity index is 2.33. The first-order chi connectivity index (χ1) is 9.22. The van der Waals surface area contributed by atoms with Gasteiger partial charge in [-0.1, -0.05) is 0 Å². The summed E-state index contributed by atoms with van der Waals surface area (Å²) in [7, 11) is 3.68. The molecule has 0 radical (unpaired) electrons. The van der Waals surface area contributed by atoms with Gasteiger partial charge in [-0.05, 0) is 30.7 Å². The van der Waals surface area contributed by atoms with Gasteiger partial charge in [0.25, 0.3) is 0 Å². The van der Waals surface area contributed by atoms with Gasteiger partial charge in [0.15, 0.2) is 0 Å². The molecule has 0 N–H and O–H groups in total. The molecule has 3 aromatic heterocycles. The summed E-state index contributed by atoms with van der Waals surface area (Å²) in [5.41, 5.74) is 4.36. The molecule has 3 rings (SSSR count). The minimum Gasteiger partial charge on any atom is -0.480 e. The zero-order valence-corrected chi connectivity index (χ0v) is 11.2. The van der Waals surface area contributed by atoms with E-state index in [0.717, 1.165) is 27.7 Å². The van der Waals surface area contributed by atoms with E-state index in [0.29, 0.717) is 5.88 Å². The maximum Gasteiger partial charge on any atom is 0.222 e. The van der Waals surface area contributed by atoms with Gasteiger partial charge in [0.05, 0.1) is 30.1 Å². The molecular weight excluding hydrogens is 238 g/mol. The number of hydrogen-bond acceptors (Lipinski definition) is 3. The first-order valence-electron chi connectivity index (χ1n) is 6.12. The zero-order chi connectivity index (χ0) is 13.4. The van der Waals surface area contributed by atoms with E-state index >= 15 is 0 Å². The average Bonchev–Trinajstić information content (AvgIpc) is 2.76. The summed E-state index contributed by atoms with van der Waals surface area (Å²) in [6.07, 6.45) is 5.44. The highest BCUT2D eigenvalue weighted by atomic mass is 16.5. The van der Waals surface area contributed by atoms with E-state index in [4.69, 9.17) is 4.74 Å². The fraction of sp³-hybridized carbons (Fsp3) is 0.200. The van der Waals surface area contributed by atoms with Crippen LogP contribution in [0.1, 0.15) is 5.56 Å². The fourth-order valence-electron chi connectivity index (χ4n) is 2.41. The molecule has 0 spiro atoms. The van der Waals surface area contributed by atoms with E-state index in [1.807, 2.05) is 25.4 Å². The van der Waals surface area contributed by atoms with E-state index in [2.05, 4.69) is 27.5 Å². The second kappa shape index (κ2) is 4.39. The van der Waals surface area contributed by atoms with Gasteiger partial charge in [0, 0.05) is 24.8 Å². The Kier molecular flexibility index (Phi) is 2.71. The normalized spacial score (nSPS) is 10.9. The van der Waals surface area contributed by atoms with Crippen LogP contribution in [0.2, 0.25) is 0 Å². The van der Waals surface area contributed by atoms with Crippen LogP contribution < -0.4 is 4.74 Å². The number of ether oxygens (including phenoxy) is 1. The van der Waals surface area contributed by atoms with Gasteiger partial charge < -0.3 is 9.30 Å². The minimum absolute atomic E-state index is 0.652. The number of fused-ring (bicyclic) bond motifs is 1. The molecule has 0 amide bonds. The highest BCUT2D eigenvalue weighted by Crippen LogP contribution is 2.34. The Labute approximate surface area is 111 Å². The molecule has 0 aliphatic carbocycles. The fourth-order valence-corrected chi connectivity index (χ4v) is 2.41. The molecule has 0 aliphatic rings. The van der Waals surface area contributed by atoms with Crippen LogP contribution in [-0.4, -0.2) is 21.6 Å². The van der Waals surface area contributed by atoms with E-state index < -0.39 is 0 Å². The second-order valence-electron chi connectivity index (χ2n) is 4.54. The zero-order valence-electron chi connectivity index (χ0n) is 11.2. The minimum atomic E-state index is 0.652. The van der Waals surface area contributed by atoms with Crippen LogP contribution in [0.4, 0.5) is 0 Å². The predicted octanol–water partition coefficient (Wildman–Crippen LogP) is 2.95. The maximum absolute atomic E-state index is 5.39. The molecule has 0 aliphatic heterocycles. The number of pyridine rings is 2. The molecule has 3 aromatic rings. The first kappa shape index (κ1) is 11.7. The van der Waals surface area contributed by atoms with Crippen molar-refractivity contribution in [1.82, 2.24) is 14.5 Å². The molecule has 0 unspecified atom stereocenters. The van der Waals surface area contributed by atoms with Gasteiger partial charge in [0.2, 0.25) is 5.88 Å². The lowest BCUT2D eigenvalue weighted by Gasteiger charge is -2.11. The second-order valence-corrected chi connectivity index (χ2v) is 4.54. The molecule has 0 fully saturated rings. The molecule has 19 heavy (non-hydrogen) atoms. The predicted molar refractivity (Wildman–Crippen MR) is 75.2 cm³/mol. The monoisotopic (exact) mass is 253 g/mol. The van der Waals surface area contributed by atoms with Crippen molar-refractivity contribution in [3.05, 3.63) is 42.4 Å². The van der Waals surface area contributed by atoms with Crippen LogP contribution in [0, 0.1) is 6.92 Å². The third-order valence-corrected chi connectivity index (χ3v) is 3.42. The van der Waals surface area contributed by atoms with Crippen LogP contribution in [0.15, 0.2) is 36.8 Å². The number of nitrogens with zero attached hydrogens (tertiary/aromatic N) is 3. The van der Waals surface area contributed by atoms with Crippen molar-refractivity contribution in [3.63, 3.8) is 0 Å². The van der Waals surface area contributed by atoms with Gasteiger partial charge in [-0.25, -0.2) is 4.98 Å². The first-order valence-corrected chi connectivity index (χ1v) is 6.12. The van der Waals surface area contributed by atoms with Crippen LogP contribution in [0.25, 0.3) is 22.2 Å². The Morgan fingerprint density at radius 1 is 1.21 bits per heavy atom. The standard InChI is InChI=1S/C15H15N3O/c1-10-4-7-17-15(19-3)14(10)12-8-11-5-6-16-9-13(11)18(12)2/h4-9H,1-3H3. The Hall–Kier alpha value is -2.36. The summed E-state index contributed by atoms with van der Waals surface area (Å²) in [5.74, 6) is 0.652. The van der Waals surface area contributed by atoms with Gasteiger partial charge in [-0.3, -0.25) is 4.98 Å². The number of hydrogen-bond donors (Lipinski definition) is 0. The van der Waals surface area contributed by atoms with E-state index in [1.165, 1.54) is 0 Å². The van der Waals surface area contributed by atoms with Crippen LogP contribution in [0.3, 0.4) is 0 Å². The largest absolute Gasteiger partial charge is 0.480 e. The highest BCUT2D eigenvalue weighted by Gasteiger charge is 2.15. The van der Waals surface area contributed by atoms with Crippen molar-refractivity contribution in [2.45, 2.75) is 6.92 Å². The Bertz CT molecular complexity index is 746. The van der Waals surface area contributed by atoms with Crippen molar-refractivity contribution in [2.24, 2.45) is 7.05 Å². The van der Waals surface area contributed by atoms with Crippen molar-refractivity contribution >= 4 is 10.9 Å². The van der Waals surface area contributed by atoms with Gasteiger partial charge >= 0.3 is 0 Å². The lowest BCUT2D eigenvalue weighted by Crippen LogP contribution is -1.98. The number of aryl methyl sites for hydroxylation is 2. The molecular formula is C15H15N3O. The third-order valence-electron chi connectivity index (χ3n) is 3.42. The molecule has 0 saturated carbocycles. The Morgan fingerprint density at radius 2 is 2.05 bits per heavy atom. The number of rotatable bonds is 2. The smallest absolute Gasteiger partial charge is 0.222 e. The van der Waals surface area contributed by atoms with E-state index in [9.17, 15) is 0 Å². The highest BCUT2D eigenvalue weighted by molar-refractivity contribution is 5.87. The molecule has 4 nitrogen and oxygen atoms in total. The molecule has 4 heteroatoms. The summed E-state index contributed by atoms with van der Waals surface area (Å²) in [6.45, 7) is 2.06. The summed E-state index contributed by atoms with van der Waals surface area (Å²) >= 11 is 0. The molecule has 0 bridgehead atoms. The van der Waals surface area contributed by atoms with Crippen molar-refractivity contribution < 1.29 is 4.74 Å².